The molecule has 4 nitrogen and oxygen atoms in total. The second kappa shape index (κ2) is 7.06. The number of carboxylic acids is 1. The molecular formula is C8H14BrNO3. The minimum Gasteiger partial charge on any atom is -0.480 e. The Morgan fingerprint density at radius 2 is 2.23 bits per heavy atom. The molecule has 13 heavy (non-hydrogen) atoms. The second-order valence-corrected chi connectivity index (χ2v) is 3.74. The molecule has 5 heteroatoms. The first kappa shape index (κ1) is 12.6. The molecule has 0 fully saturated rings. The van der Waals surface area contributed by atoms with Crippen LogP contribution in [-0.2, 0) is 9.53 Å². The predicted octanol–water partition coefficient (Wildman–Crippen LogP) is 0.928. The van der Waals surface area contributed by atoms with Gasteiger partial charge in [-0.05, 0) is 0 Å². The van der Waals surface area contributed by atoms with E-state index in [-0.39, 0.29) is 6.54 Å². The van der Waals surface area contributed by atoms with Crippen molar-refractivity contribution in [2.75, 3.05) is 33.4 Å². The van der Waals surface area contributed by atoms with Crippen molar-refractivity contribution < 1.29 is 14.6 Å². The van der Waals surface area contributed by atoms with Crippen molar-refractivity contribution in [3.05, 3.63) is 11.1 Å². The number of rotatable bonds is 7. The van der Waals surface area contributed by atoms with Crippen molar-refractivity contribution in [1.82, 2.24) is 4.90 Å². The summed E-state index contributed by atoms with van der Waals surface area (Å²) in [6, 6.07) is 0. The molecule has 0 aromatic heterocycles. The lowest BCUT2D eigenvalue weighted by atomic mass is 10.4. The Morgan fingerprint density at radius 1 is 1.62 bits per heavy atom. The highest BCUT2D eigenvalue weighted by atomic mass is 79.9. The number of carboxylic acid groups (broad SMARTS) is 1. The quantitative estimate of drug-likeness (QED) is 0.732. The number of carbonyl (C=O) groups is 1. The Morgan fingerprint density at radius 3 is 2.62 bits per heavy atom. The number of hydrogen-bond donors (Lipinski definition) is 1. The van der Waals surface area contributed by atoms with E-state index in [4.69, 9.17) is 9.84 Å². The number of hydrogen-bond acceptors (Lipinski definition) is 3. The fourth-order valence-electron chi connectivity index (χ4n) is 0.868. The van der Waals surface area contributed by atoms with E-state index in [9.17, 15) is 4.79 Å². The van der Waals surface area contributed by atoms with Crippen LogP contribution >= 0.6 is 15.9 Å². The molecule has 1 N–H and O–H groups in total. The van der Waals surface area contributed by atoms with Gasteiger partial charge in [-0.25, -0.2) is 0 Å². The molecule has 0 bridgehead atoms. The topological polar surface area (TPSA) is 49.8 Å². The summed E-state index contributed by atoms with van der Waals surface area (Å²) in [5, 5.41) is 8.57. The van der Waals surface area contributed by atoms with E-state index in [2.05, 4.69) is 22.5 Å². The summed E-state index contributed by atoms with van der Waals surface area (Å²) < 4.78 is 5.62. The average Bonchev–Trinajstić information content (AvgIpc) is 1.98. The zero-order chi connectivity index (χ0) is 10.3. The first-order valence-electron chi connectivity index (χ1n) is 3.82. The fraction of sp³-hybridized carbons (Fsp3) is 0.625. The highest BCUT2D eigenvalue weighted by molar-refractivity contribution is 9.11. The maximum Gasteiger partial charge on any atom is 0.317 e. The van der Waals surface area contributed by atoms with Crippen molar-refractivity contribution in [1.29, 1.82) is 0 Å². The van der Waals surface area contributed by atoms with E-state index in [1.807, 2.05) is 0 Å². The molecule has 0 heterocycles. The number of methoxy groups -OCH3 is 1. The second-order valence-electron chi connectivity index (χ2n) is 2.61. The van der Waals surface area contributed by atoms with Gasteiger partial charge in [0.25, 0.3) is 0 Å². The minimum absolute atomic E-state index is 0.00792. The summed E-state index contributed by atoms with van der Waals surface area (Å²) in [5.41, 5.74) is 0. The van der Waals surface area contributed by atoms with Crippen LogP contribution in [0.5, 0.6) is 0 Å². The van der Waals surface area contributed by atoms with Crippen LogP contribution in [0.15, 0.2) is 11.1 Å². The van der Waals surface area contributed by atoms with E-state index in [0.717, 1.165) is 4.48 Å². The van der Waals surface area contributed by atoms with Crippen LogP contribution in [-0.4, -0.2) is 49.3 Å². The van der Waals surface area contributed by atoms with Crippen LogP contribution in [0.2, 0.25) is 0 Å². The van der Waals surface area contributed by atoms with Gasteiger partial charge in [-0.3, -0.25) is 9.69 Å². The summed E-state index contributed by atoms with van der Waals surface area (Å²) in [6.45, 7) is 5.30. The van der Waals surface area contributed by atoms with Crippen molar-refractivity contribution in [2.45, 2.75) is 0 Å². The Labute approximate surface area is 86.3 Å². The van der Waals surface area contributed by atoms with Crippen molar-refractivity contribution >= 4 is 21.9 Å². The van der Waals surface area contributed by atoms with E-state index in [0.29, 0.717) is 19.7 Å². The Hall–Kier alpha value is -0.390. The minimum atomic E-state index is -0.843. The molecule has 0 spiro atoms. The zero-order valence-electron chi connectivity index (χ0n) is 7.62. The summed E-state index contributed by atoms with van der Waals surface area (Å²) in [6.07, 6.45) is 0. The predicted molar refractivity (Wildman–Crippen MR) is 54.0 cm³/mol. The molecule has 0 atom stereocenters. The van der Waals surface area contributed by atoms with Crippen molar-refractivity contribution in [3.8, 4) is 0 Å². The highest BCUT2D eigenvalue weighted by Gasteiger charge is 2.09. The number of halogens is 1. The summed E-state index contributed by atoms with van der Waals surface area (Å²) >= 11 is 3.19. The lowest BCUT2D eigenvalue weighted by Gasteiger charge is -2.18. The highest BCUT2D eigenvalue weighted by Crippen LogP contribution is 2.03. The smallest absolute Gasteiger partial charge is 0.317 e. The van der Waals surface area contributed by atoms with E-state index in [1.54, 1.807) is 12.0 Å². The third kappa shape index (κ3) is 7.95. The van der Waals surface area contributed by atoms with Crippen LogP contribution in [0, 0.1) is 0 Å². The van der Waals surface area contributed by atoms with Gasteiger partial charge in [-0.2, -0.15) is 0 Å². The zero-order valence-corrected chi connectivity index (χ0v) is 9.21. The monoisotopic (exact) mass is 251 g/mol. The standard InChI is InChI=1S/C8H14BrNO3/c1-7(9)5-10(3-4-13-2)6-8(11)12/h1,3-6H2,2H3,(H,11,12). The van der Waals surface area contributed by atoms with Crippen LogP contribution < -0.4 is 0 Å². The fourth-order valence-corrected chi connectivity index (χ4v) is 1.22. The SMILES string of the molecule is C=C(Br)CN(CCOC)CC(=O)O. The molecule has 0 unspecified atom stereocenters. The Kier molecular flexibility index (Phi) is 6.84. The Bertz CT molecular complexity index is 168. The van der Waals surface area contributed by atoms with Crippen molar-refractivity contribution in [3.63, 3.8) is 0 Å². The lowest BCUT2D eigenvalue weighted by molar-refractivity contribution is -0.138. The van der Waals surface area contributed by atoms with Crippen LogP contribution in [0.4, 0.5) is 0 Å². The lowest BCUT2D eigenvalue weighted by Crippen LogP contribution is -2.33. The molecule has 0 saturated heterocycles. The molecule has 0 amide bonds. The van der Waals surface area contributed by atoms with Crippen molar-refractivity contribution in [2.24, 2.45) is 0 Å². The summed E-state index contributed by atoms with van der Waals surface area (Å²) in [7, 11) is 1.59. The van der Waals surface area contributed by atoms with Gasteiger partial charge in [0.2, 0.25) is 0 Å². The third-order valence-corrected chi connectivity index (χ3v) is 1.62. The van der Waals surface area contributed by atoms with Gasteiger partial charge in [-0.1, -0.05) is 22.5 Å². The summed E-state index contributed by atoms with van der Waals surface area (Å²) in [4.78, 5) is 12.2. The first-order chi connectivity index (χ1) is 6.06. The molecule has 0 aromatic carbocycles. The van der Waals surface area contributed by atoms with Gasteiger partial charge in [0.05, 0.1) is 13.2 Å². The normalized spacial score (nSPS) is 10.4. The van der Waals surface area contributed by atoms with Gasteiger partial charge >= 0.3 is 5.97 Å². The molecular weight excluding hydrogens is 238 g/mol. The largest absolute Gasteiger partial charge is 0.480 e. The van der Waals surface area contributed by atoms with Gasteiger partial charge in [0.1, 0.15) is 0 Å². The van der Waals surface area contributed by atoms with Crippen LogP contribution in [0.3, 0.4) is 0 Å². The number of ether oxygens (including phenoxy) is 1. The molecule has 0 aromatic rings. The molecule has 0 aliphatic rings. The number of aliphatic carboxylic acids is 1. The van der Waals surface area contributed by atoms with E-state index < -0.39 is 5.97 Å². The maximum atomic E-state index is 10.4. The van der Waals surface area contributed by atoms with Gasteiger partial charge in [-0.15, -0.1) is 0 Å². The molecule has 0 aliphatic carbocycles. The van der Waals surface area contributed by atoms with E-state index >= 15 is 0 Å². The molecule has 0 saturated carbocycles. The number of nitrogens with zero attached hydrogens (tertiary/aromatic N) is 1. The third-order valence-electron chi connectivity index (χ3n) is 1.37. The van der Waals surface area contributed by atoms with Gasteiger partial charge < -0.3 is 9.84 Å². The molecule has 0 radical (unpaired) electrons. The maximum absolute atomic E-state index is 10.4. The van der Waals surface area contributed by atoms with Crippen LogP contribution in [0.1, 0.15) is 0 Å². The summed E-state index contributed by atoms with van der Waals surface area (Å²) in [5.74, 6) is -0.843. The van der Waals surface area contributed by atoms with Gasteiger partial charge in [0.15, 0.2) is 0 Å². The average molecular weight is 252 g/mol. The van der Waals surface area contributed by atoms with Crippen LogP contribution in [0.25, 0.3) is 0 Å². The Balaban J connectivity index is 3.87. The van der Waals surface area contributed by atoms with E-state index in [1.165, 1.54) is 0 Å². The molecule has 0 aliphatic heterocycles. The molecule has 0 rings (SSSR count). The van der Waals surface area contributed by atoms with Gasteiger partial charge in [0, 0.05) is 24.7 Å². The molecule has 76 valence electrons. The first-order valence-corrected chi connectivity index (χ1v) is 4.62.